The van der Waals surface area contributed by atoms with Gasteiger partial charge in [0.2, 0.25) is 0 Å². The van der Waals surface area contributed by atoms with Gasteiger partial charge in [-0.25, -0.2) is 9.78 Å². The maximum atomic E-state index is 13.0. The summed E-state index contributed by atoms with van der Waals surface area (Å²) in [5, 5.41) is 2.80. The SMILES string of the molecule is COC(=O)c1cccc(NC(=O)c2nc(-c3ccc(OC)c(-c4c(C)cccc4C)c3)[nH]c2C)c1. The quantitative estimate of drug-likeness (QED) is 0.353. The topological polar surface area (TPSA) is 93.3 Å². The Morgan fingerprint density at radius 1 is 0.914 bits per heavy atom. The third kappa shape index (κ3) is 4.80. The van der Waals surface area contributed by atoms with Crippen LogP contribution in [0.4, 0.5) is 5.69 Å². The number of aromatic amines is 1. The number of nitrogens with zero attached hydrogens (tertiary/aromatic N) is 1. The van der Waals surface area contributed by atoms with Crippen molar-refractivity contribution in [2.24, 2.45) is 0 Å². The molecule has 0 fully saturated rings. The number of methoxy groups -OCH3 is 2. The van der Waals surface area contributed by atoms with Gasteiger partial charge in [0, 0.05) is 22.5 Å². The third-order valence-corrected chi connectivity index (χ3v) is 5.86. The second-order valence-electron chi connectivity index (χ2n) is 8.27. The van der Waals surface area contributed by atoms with Crippen molar-refractivity contribution in [1.29, 1.82) is 0 Å². The minimum atomic E-state index is -0.474. The lowest BCUT2D eigenvalue weighted by Gasteiger charge is -2.15. The van der Waals surface area contributed by atoms with Crippen LogP contribution in [0.1, 0.15) is 37.7 Å². The van der Waals surface area contributed by atoms with Crippen molar-refractivity contribution in [1.82, 2.24) is 9.97 Å². The van der Waals surface area contributed by atoms with Gasteiger partial charge in [0.15, 0.2) is 0 Å². The number of ether oxygens (including phenoxy) is 2. The molecule has 0 saturated heterocycles. The summed E-state index contributed by atoms with van der Waals surface area (Å²) < 4.78 is 10.4. The molecule has 4 aromatic rings. The number of carbonyl (C=O) groups is 2. The molecular formula is C28H27N3O4. The number of H-pyrrole nitrogens is 1. The van der Waals surface area contributed by atoms with E-state index in [1.165, 1.54) is 7.11 Å². The highest BCUT2D eigenvalue weighted by molar-refractivity contribution is 6.04. The number of imidazole rings is 1. The Morgan fingerprint density at radius 3 is 2.31 bits per heavy atom. The van der Waals surface area contributed by atoms with E-state index in [2.05, 4.69) is 41.3 Å². The van der Waals surface area contributed by atoms with E-state index in [0.717, 1.165) is 33.6 Å². The van der Waals surface area contributed by atoms with Gasteiger partial charge in [-0.1, -0.05) is 24.3 Å². The van der Waals surface area contributed by atoms with Crippen molar-refractivity contribution in [2.45, 2.75) is 20.8 Å². The summed E-state index contributed by atoms with van der Waals surface area (Å²) >= 11 is 0. The van der Waals surface area contributed by atoms with Crippen LogP contribution in [-0.4, -0.2) is 36.1 Å². The number of amides is 1. The van der Waals surface area contributed by atoms with E-state index in [1.54, 1.807) is 38.3 Å². The molecule has 0 bridgehead atoms. The van der Waals surface area contributed by atoms with Gasteiger partial charge in [-0.15, -0.1) is 0 Å². The molecular weight excluding hydrogens is 442 g/mol. The van der Waals surface area contributed by atoms with Crippen LogP contribution in [0.25, 0.3) is 22.5 Å². The molecule has 1 heterocycles. The van der Waals surface area contributed by atoms with Gasteiger partial charge in [0.25, 0.3) is 5.91 Å². The highest BCUT2D eigenvalue weighted by atomic mass is 16.5. The van der Waals surface area contributed by atoms with Gasteiger partial charge in [-0.3, -0.25) is 4.79 Å². The molecule has 0 aliphatic carbocycles. The Morgan fingerprint density at radius 2 is 1.63 bits per heavy atom. The van der Waals surface area contributed by atoms with Gasteiger partial charge < -0.3 is 19.8 Å². The van der Waals surface area contributed by atoms with Crippen LogP contribution in [0, 0.1) is 20.8 Å². The maximum Gasteiger partial charge on any atom is 0.337 e. The fraction of sp³-hybridized carbons (Fsp3) is 0.179. The first-order valence-electron chi connectivity index (χ1n) is 11.1. The number of anilines is 1. The molecule has 4 rings (SSSR count). The molecule has 1 aromatic heterocycles. The average Bonchev–Trinajstić information content (AvgIpc) is 3.25. The molecule has 1 amide bonds. The van der Waals surface area contributed by atoms with Gasteiger partial charge in [0.1, 0.15) is 17.3 Å². The lowest BCUT2D eigenvalue weighted by atomic mass is 9.94. The van der Waals surface area contributed by atoms with Crippen LogP contribution in [0.5, 0.6) is 5.75 Å². The first-order valence-corrected chi connectivity index (χ1v) is 11.1. The van der Waals surface area contributed by atoms with Gasteiger partial charge >= 0.3 is 5.97 Å². The number of hydrogen-bond acceptors (Lipinski definition) is 5. The minimum Gasteiger partial charge on any atom is -0.496 e. The minimum absolute atomic E-state index is 0.271. The molecule has 2 N–H and O–H groups in total. The monoisotopic (exact) mass is 469 g/mol. The second kappa shape index (κ2) is 9.85. The Hall–Kier alpha value is -4.39. The fourth-order valence-electron chi connectivity index (χ4n) is 4.14. The molecule has 3 aromatic carbocycles. The number of esters is 1. The lowest BCUT2D eigenvalue weighted by molar-refractivity contribution is 0.0600. The molecule has 0 atom stereocenters. The van der Waals surface area contributed by atoms with Gasteiger partial charge in [-0.2, -0.15) is 0 Å². The van der Waals surface area contributed by atoms with Crippen molar-refractivity contribution in [3.63, 3.8) is 0 Å². The molecule has 0 aliphatic rings. The lowest BCUT2D eigenvalue weighted by Crippen LogP contribution is -2.14. The third-order valence-electron chi connectivity index (χ3n) is 5.86. The highest BCUT2D eigenvalue weighted by Gasteiger charge is 2.19. The summed E-state index contributed by atoms with van der Waals surface area (Å²) in [5.74, 6) is 0.484. The molecule has 35 heavy (non-hydrogen) atoms. The number of benzene rings is 3. The van der Waals surface area contributed by atoms with Crippen molar-refractivity contribution >= 4 is 17.6 Å². The molecule has 0 radical (unpaired) electrons. The van der Waals surface area contributed by atoms with E-state index in [0.29, 0.717) is 22.8 Å². The molecule has 7 heteroatoms. The van der Waals surface area contributed by atoms with Crippen molar-refractivity contribution in [3.8, 4) is 28.3 Å². The van der Waals surface area contributed by atoms with Crippen molar-refractivity contribution < 1.29 is 19.1 Å². The van der Waals surface area contributed by atoms with Crippen LogP contribution < -0.4 is 10.1 Å². The van der Waals surface area contributed by atoms with Crippen LogP contribution in [-0.2, 0) is 4.74 Å². The van der Waals surface area contributed by atoms with E-state index < -0.39 is 5.97 Å². The summed E-state index contributed by atoms with van der Waals surface area (Å²) in [6.07, 6.45) is 0. The molecule has 0 aliphatic heterocycles. The normalized spacial score (nSPS) is 10.7. The predicted molar refractivity (Wildman–Crippen MR) is 136 cm³/mol. The Labute approximate surface area is 204 Å². The van der Waals surface area contributed by atoms with Gasteiger partial charge in [-0.05, 0) is 73.9 Å². The van der Waals surface area contributed by atoms with Crippen LogP contribution in [0.15, 0.2) is 60.7 Å². The summed E-state index contributed by atoms with van der Waals surface area (Å²) in [6, 6.07) is 18.6. The number of aryl methyl sites for hydroxylation is 3. The molecule has 178 valence electrons. The predicted octanol–water partition coefficient (Wildman–Crippen LogP) is 5.72. The molecule has 0 spiro atoms. The molecule has 0 saturated carbocycles. The van der Waals surface area contributed by atoms with Crippen LogP contribution in [0.3, 0.4) is 0 Å². The summed E-state index contributed by atoms with van der Waals surface area (Å²) in [4.78, 5) is 32.6. The molecule has 7 nitrogen and oxygen atoms in total. The Bertz CT molecular complexity index is 1400. The number of rotatable bonds is 6. The highest BCUT2D eigenvalue weighted by Crippen LogP contribution is 2.37. The summed E-state index contributed by atoms with van der Waals surface area (Å²) in [5.41, 5.74) is 6.91. The van der Waals surface area contributed by atoms with Crippen LogP contribution >= 0.6 is 0 Å². The van der Waals surface area contributed by atoms with Gasteiger partial charge in [0.05, 0.1) is 19.8 Å². The van der Waals surface area contributed by atoms with E-state index >= 15 is 0 Å². The zero-order chi connectivity index (χ0) is 25.1. The average molecular weight is 470 g/mol. The summed E-state index contributed by atoms with van der Waals surface area (Å²) in [7, 11) is 2.97. The number of hydrogen-bond donors (Lipinski definition) is 2. The maximum absolute atomic E-state index is 13.0. The zero-order valence-corrected chi connectivity index (χ0v) is 20.4. The standard InChI is InChI=1S/C28H27N3O4/c1-16-8-6-9-17(2)24(16)22-15-19(12-13-23(22)34-4)26-29-18(3)25(31-26)27(32)30-21-11-7-10-20(14-21)28(33)35-5/h6-15H,1-5H3,(H,29,31)(H,30,32). The van der Waals surface area contributed by atoms with E-state index in [-0.39, 0.29) is 11.6 Å². The zero-order valence-electron chi connectivity index (χ0n) is 20.4. The Balaban J connectivity index is 1.67. The second-order valence-corrected chi connectivity index (χ2v) is 8.27. The fourth-order valence-corrected chi connectivity index (χ4v) is 4.14. The van der Waals surface area contributed by atoms with Crippen molar-refractivity contribution in [3.05, 3.63) is 88.7 Å². The van der Waals surface area contributed by atoms with E-state index in [4.69, 9.17) is 9.47 Å². The molecule has 0 unspecified atom stereocenters. The van der Waals surface area contributed by atoms with E-state index in [1.807, 2.05) is 24.3 Å². The van der Waals surface area contributed by atoms with Crippen LogP contribution in [0.2, 0.25) is 0 Å². The largest absolute Gasteiger partial charge is 0.496 e. The summed E-state index contributed by atoms with van der Waals surface area (Å²) in [6.45, 7) is 5.94. The Kier molecular flexibility index (Phi) is 6.68. The van der Waals surface area contributed by atoms with Crippen molar-refractivity contribution in [2.75, 3.05) is 19.5 Å². The number of aromatic nitrogens is 2. The smallest absolute Gasteiger partial charge is 0.337 e. The van der Waals surface area contributed by atoms with E-state index in [9.17, 15) is 9.59 Å². The first-order chi connectivity index (χ1) is 16.8. The number of nitrogens with one attached hydrogen (secondary N) is 2. The number of carbonyl (C=O) groups excluding carboxylic acids is 2. The first kappa shape index (κ1) is 23.8.